The fourth-order valence-electron chi connectivity index (χ4n) is 2.22. The number of nitrogens with two attached hydrogens (primary N) is 1. The Labute approximate surface area is 124 Å². The van der Waals surface area contributed by atoms with E-state index >= 15 is 0 Å². The van der Waals surface area contributed by atoms with Crippen LogP contribution in [0.25, 0.3) is 0 Å². The maximum Gasteiger partial charge on any atom is 0.301 e. The first kappa shape index (κ1) is 15.1. The van der Waals surface area contributed by atoms with E-state index in [9.17, 15) is 4.79 Å². The number of anilines is 1. The van der Waals surface area contributed by atoms with Crippen molar-refractivity contribution in [2.45, 2.75) is 26.3 Å². The van der Waals surface area contributed by atoms with E-state index in [1.807, 2.05) is 24.3 Å². The standard InChI is InChI=1S/C16H21N3O2/c1-2-3-10-19(14-7-5-4-6-8-14)12-13-9-11-21-15(13)16(20)18-17/h4-9,11H,2-3,10,12,17H2,1H3,(H,18,20). The van der Waals surface area contributed by atoms with Crippen LogP contribution in [-0.4, -0.2) is 12.5 Å². The minimum Gasteiger partial charge on any atom is -0.459 e. The second-order valence-electron chi connectivity index (χ2n) is 4.86. The summed E-state index contributed by atoms with van der Waals surface area (Å²) in [7, 11) is 0. The van der Waals surface area contributed by atoms with Crippen molar-refractivity contribution in [1.82, 2.24) is 5.43 Å². The molecule has 1 heterocycles. The fraction of sp³-hybridized carbons (Fsp3) is 0.312. The Balaban J connectivity index is 2.19. The van der Waals surface area contributed by atoms with Crippen LogP contribution in [0.4, 0.5) is 5.69 Å². The van der Waals surface area contributed by atoms with E-state index in [-0.39, 0.29) is 5.76 Å². The molecule has 3 N–H and O–H groups in total. The van der Waals surface area contributed by atoms with Crippen molar-refractivity contribution in [1.29, 1.82) is 0 Å². The highest BCUT2D eigenvalue weighted by molar-refractivity contribution is 5.92. The van der Waals surface area contributed by atoms with Crippen LogP contribution in [-0.2, 0) is 6.54 Å². The van der Waals surface area contributed by atoms with Crippen LogP contribution in [0.2, 0.25) is 0 Å². The topological polar surface area (TPSA) is 71.5 Å². The molecule has 0 aliphatic rings. The Morgan fingerprint density at radius 1 is 1.29 bits per heavy atom. The molecule has 0 unspecified atom stereocenters. The van der Waals surface area contributed by atoms with E-state index in [0.29, 0.717) is 6.54 Å². The quantitative estimate of drug-likeness (QED) is 0.466. The minimum atomic E-state index is -0.404. The summed E-state index contributed by atoms with van der Waals surface area (Å²) in [6, 6.07) is 12.0. The SMILES string of the molecule is CCCCN(Cc1ccoc1C(=O)NN)c1ccccc1. The third-order valence-corrected chi connectivity index (χ3v) is 3.35. The number of carbonyl (C=O) groups is 1. The summed E-state index contributed by atoms with van der Waals surface area (Å²) >= 11 is 0. The molecule has 0 spiro atoms. The van der Waals surface area contributed by atoms with Gasteiger partial charge in [-0.05, 0) is 24.6 Å². The molecule has 112 valence electrons. The zero-order valence-electron chi connectivity index (χ0n) is 12.2. The van der Waals surface area contributed by atoms with Gasteiger partial charge < -0.3 is 9.32 Å². The van der Waals surface area contributed by atoms with Gasteiger partial charge in [-0.2, -0.15) is 0 Å². The fourth-order valence-corrected chi connectivity index (χ4v) is 2.22. The lowest BCUT2D eigenvalue weighted by Gasteiger charge is -2.24. The molecule has 0 aliphatic heterocycles. The number of rotatable bonds is 7. The molecule has 0 bridgehead atoms. The van der Waals surface area contributed by atoms with Crippen molar-refractivity contribution in [2.75, 3.05) is 11.4 Å². The number of unbranched alkanes of at least 4 members (excludes halogenated alkanes) is 1. The van der Waals surface area contributed by atoms with Gasteiger partial charge in [0.05, 0.1) is 6.26 Å². The second-order valence-corrected chi connectivity index (χ2v) is 4.86. The second kappa shape index (κ2) is 7.50. The van der Waals surface area contributed by atoms with Gasteiger partial charge in [0.2, 0.25) is 0 Å². The van der Waals surface area contributed by atoms with Crippen molar-refractivity contribution in [3.8, 4) is 0 Å². The first-order chi connectivity index (χ1) is 10.3. The van der Waals surface area contributed by atoms with Crippen LogP contribution >= 0.6 is 0 Å². The van der Waals surface area contributed by atoms with E-state index in [1.54, 1.807) is 0 Å². The first-order valence-corrected chi connectivity index (χ1v) is 7.13. The van der Waals surface area contributed by atoms with Gasteiger partial charge in [-0.25, -0.2) is 5.84 Å². The molecule has 0 fully saturated rings. The Bertz CT molecular complexity index is 566. The van der Waals surface area contributed by atoms with Gasteiger partial charge in [0.15, 0.2) is 5.76 Å². The normalized spacial score (nSPS) is 10.4. The lowest BCUT2D eigenvalue weighted by molar-refractivity contribution is 0.0924. The molecule has 1 amide bonds. The Hall–Kier alpha value is -2.27. The molecule has 1 aromatic heterocycles. The monoisotopic (exact) mass is 287 g/mol. The summed E-state index contributed by atoms with van der Waals surface area (Å²) in [5.41, 5.74) is 4.07. The smallest absolute Gasteiger partial charge is 0.301 e. The Morgan fingerprint density at radius 2 is 2.05 bits per heavy atom. The van der Waals surface area contributed by atoms with Gasteiger partial charge in [0, 0.05) is 24.3 Å². The maximum absolute atomic E-state index is 11.7. The van der Waals surface area contributed by atoms with Crippen LogP contribution in [0, 0.1) is 0 Å². The molecule has 5 heteroatoms. The number of nitrogen functional groups attached to an aromatic ring is 1. The third kappa shape index (κ3) is 3.86. The van der Waals surface area contributed by atoms with Crippen LogP contribution in [0.15, 0.2) is 47.1 Å². The number of carbonyl (C=O) groups excluding carboxylic acids is 1. The summed E-state index contributed by atoms with van der Waals surface area (Å²) in [6.07, 6.45) is 3.72. The van der Waals surface area contributed by atoms with Gasteiger partial charge in [0.1, 0.15) is 0 Å². The summed E-state index contributed by atoms with van der Waals surface area (Å²) in [5, 5.41) is 0. The summed E-state index contributed by atoms with van der Waals surface area (Å²) in [5.74, 6) is 5.05. The van der Waals surface area contributed by atoms with Crippen molar-refractivity contribution < 1.29 is 9.21 Å². The number of hydrazine groups is 1. The molecule has 0 saturated carbocycles. The molecule has 21 heavy (non-hydrogen) atoms. The van der Waals surface area contributed by atoms with Crippen LogP contribution in [0.5, 0.6) is 0 Å². The van der Waals surface area contributed by atoms with Gasteiger partial charge in [0.25, 0.3) is 0 Å². The molecule has 2 rings (SSSR count). The lowest BCUT2D eigenvalue weighted by Crippen LogP contribution is -2.31. The van der Waals surface area contributed by atoms with Crippen LogP contribution in [0.1, 0.15) is 35.9 Å². The molecule has 0 radical (unpaired) electrons. The predicted molar refractivity (Wildman–Crippen MR) is 82.8 cm³/mol. The zero-order valence-corrected chi connectivity index (χ0v) is 12.2. The third-order valence-electron chi connectivity index (χ3n) is 3.35. The highest BCUT2D eigenvalue weighted by Crippen LogP contribution is 2.20. The van der Waals surface area contributed by atoms with Crippen molar-refractivity contribution in [3.63, 3.8) is 0 Å². The highest BCUT2D eigenvalue weighted by Gasteiger charge is 2.17. The average molecular weight is 287 g/mol. The number of hydrogen-bond acceptors (Lipinski definition) is 4. The van der Waals surface area contributed by atoms with Gasteiger partial charge >= 0.3 is 5.91 Å². The number of benzene rings is 1. The zero-order chi connectivity index (χ0) is 15.1. The molecule has 2 aromatic rings. The van der Waals surface area contributed by atoms with E-state index in [1.165, 1.54) is 6.26 Å². The van der Waals surface area contributed by atoms with Crippen molar-refractivity contribution >= 4 is 11.6 Å². The van der Waals surface area contributed by atoms with Crippen molar-refractivity contribution in [3.05, 3.63) is 54.0 Å². The molecule has 5 nitrogen and oxygen atoms in total. The maximum atomic E-state index is 11.7. The molecule has 0 saturated heterocycles. The average Bonchev–Trinajstić information content (AvgIpc) is 2.99. The summed E-state index contributed by atoms with van der Waals surface area (Å²) in [6.45, 7) is 3.70. The lowest BCUT2D eigenvalue weighted by atomic mass is 10.2. The minimum absolute atomic E-state index is 0.273. The van der Waals surface area contributed by atoms with Crippen LogP contribution < -0.4 is 16.2 Å². The molecular weight excluding hydrogens is 266 g/mol. The molecule has 1 aromatic carbocycles. The molecular formula is C16H21N3O2. The summed E-state index contributed by atoms with van der Waals surface area (Å²) < 4.78 is 5.24. The van der Waals surface area contributed by atoms with Gasteiger partial charge in [-0.1, -0.05) is 31.5 Å². The van der Waals surface area contributed by atoms with E-state index in [0.717, 1.165) is 30.6 Å². The van der Waals surface area contributed by atoms with Gasteiger partial charge in [-0.3, -0.25) is 10.2 Å². The number of nitrogens with zero attached hydrogens (tertiary/aromatic N) is 1. The van der Waals surface area contributed by atoms with E-state index in [2.05, 4.69) is 29.4 Å². The van der Waals surface area contributed by atoms with E-state index < -0.39 is 5.91 Å². The summed E-state index contributed by atoms with van der Waals surface area (Å²) in [4.78, 5) is 13.9. The molecule has 0 aliphatic carbocycles. The number of hydrogen-bond donors (Lipinski definition) is 2. The number of amides is 1. The number of para-hydroxylation sites is 1. The first-order valence-electron chi connectivity index (χ1n) is 7.13. The largest absolute Gasteiger partial charge is 0.459 e. The van der Waals surface area contributed by atoms with Crippen LogP contribution in [0.3, 0.4) is 0 Å². The van der Waals surface area contributed by atoms with Gasteiger partial charge in [-0.15, -0.1) is 0 Å². The van der Waals surface area contributed by atoms with E-state index in [4.69, 9.17) is 10.3 Å². The van der Waals surface area contributed by atoms with Crippen molar-refractivity contribution in [2.24, 2.45) is 5.84 Å². The number of furan rings is 1. The Morgan fingerprint density at radius 3 is 2.71 bits per heavy atom. The Kier molecular flexibility index (Phi) is 5.40. The molecule has 0 atom stereocenters. The number of nitrogens with one attached hydrogen (secondary N) is 1. The highest BCUT2D eigenvalue weighted by atomic mass is 16.3. The predicted octanol–water partition coefficient (Wildman–Crippen LogP) is 2.69.